The molecular weight excluding hydrogens is 348 g/mol. The first-order valence-corrected chi connectivity index (χ1v) is 9.36. The van der Waals surface area contributed by atoms with E-state index >= 15 is 0 Å². The molecule has 1 saturated heterocycles. The first-order valence-electron chi connectivity index (χ1n) is 8.98. The van der Waals surface area contributed by atoms with Crippen LogP contribution in [0.4, 0.5) is 0 Å². The van der Waals surface area contributed by atoms with Crippen LogP contribution in [0.2, 0.25) is 5.02 Å². The van der Waals surface area contributed by atoms with Gasteiger partial charge in [0.25, 0.3) is 0 Å². The molecule has 0 bridgehead atoms. The van der Waals surface area contributed by atoms with Gasteiger partial charge in [0.1, 0.15) is 0 Å². The smallest absolute Gasteiger partial charge is 0.222 e. The number of amides is 2. The van der Waals surface area contributed by atoms with Gasteiger partial charge in [-0.1, -0.05) is 54.1 Å². The molecule has 2 aromatic carbocycles. The molecule has 2 aromatic rings. The Morgan fingerprint density at radius 1 is 1.12 bits per heavy atom. The van der Waals surface area contributed by atoms with Gasteiger partial charge >= 0.3 is 0 Å². The van der Waals surface area contributed by atoms with Crippen molar-refractivity contribution in [1.82, 2.24) is 10.2 Å². The third-order valence-electron chi connectivity index (χ3n) is 4.72. The molecule has 0 spiro atoms. The van der Waals surface area contributed by atoms with E-state index in [4.69, 9.17) is 11.6 Å². The Balaban J connectivity index is 1.64. The van der Waals surface area contributed by atoms with Gasteiger partial charge in [-0.05, 0) is 29.7 Å². The fourth-order valence-corrected chi connectivity index (χ4v) is 3.56. The lowest BCUT2D eigenvalue weighted by Crippen LogP contribution is -2.36. The number of hydrogen-bond acceptors (Lipinski definition) is 2. The van der Waals surface area contributed by atoms with Gasteiger partial charge < -0.3 is 10.2 Å². The third-order valence-corrected chi connectivity index (χ3v) is 4.95. The standard InChI is InChI=1S/C21H23ClN2O2/c22-18-9-4-8-17(14-18)19(16-6-2-1-3-7-16)15-20(25)23-11-13-24-12-5-10-21(24)26/h1-4,6-9,14,19H,5,10-13,15H2,(H,23,25). The molecule has 1 aliphatic rings. The Morgan fingerprint density at radius 3 is 2.58 bits per heavy atom. The lowest BCUT2D eigenvalue weighted by Gasteiger charge is -2.19. The van der Waals surface area contributed by atoms with Crippen molar-refractivity contribution in [1.29, 1.82) is 0 Å². The highest BCUT2D eigenvalue weighted by Crippen LogP contribution is 2.29. The molecule has 0 radical (unpaired) electrons. The van der Waals surface area contributed by atoms with Crippen LogP contribution < -0.4 is 5.32 Å². The second-order valence-corrected chi connectivity index (χ2v) is 6.99. The molecule has 1 fully saturated rings. The lowest BCUT2D eigenvalue weighted by atomic mass is 9.88. The Hall–Kier alpha value is -2.33. The second-order valence-electron chi connectivity index (χ2n) is 6.56. The number of halogens is 1. The zero-order valence-electron chi connectivity index (χ0n) is 14.7. The van der Waals surface area contributed by atoms with E-state index in [1.165, 1.54) is 0 Å². The highest BCUT2D eigenvalue weighted by molar-refractivity contribution is 6.30. The molecular formula is C21H23ClN2O2. The summed E-state index contributed by atoms with van der Waals surface area (Å²) in [5, 5.41) is 3.61. The van der Waals surface area contributed by atoms with Crippen LogP contribution in [0, 0.1) is 0 Å². The first kappa shape index (κ1) is 18.5. The maximum Gasteiger partial charge on any atom is 0.222 e. The van der Waals surface area contributed by atoms with Crippen LogP contribution in [-0.4, -0.2) is 36.3 Å². The third kappa shape index (κ3) is 4.85. The lowest BCUT2D eigenvalue weighted by molar-refractivity contribution is -0.128. The number of nitrogens with zero attached hydrogens (tertiary/aromatic N) is 1. The fraction of sp³-hybridized carbons (Fsp3) is 0.333. The molecule has 0 saturated carbocycles. The number of carbonyl (C=O) groups is 2. The van der Waals surface area contributed by atoms with Crippen molar-refractivity contribution in [3.63, 3.8) is 0 Å². The number of carbonyl (C=O) groups excluding carboxylic acids is 2. The summed E-state index contributed by atoms with van der Waals surface area (Å²) in [4.78, 5) is 25.9. The van der Waals surface area contributed by atoms with Crippen LogP contribution in [0.25, 0.3) is 0 Å². The topological polar surface area (TPSA) is 49.4 Å². The summed E-state index contributed by atoms with van der Waals surface area (Å²) in [7, 11) is 0. The highest BCUT2D eigenvalue weighted by Gasteiger charge is 2.21. The summed E-state index contributed by atoms with van der Waals surface area (Å²) in [6, 6.07) is 17.6. The predicted octanol–water partition coefficient (Wildman–Crippen LogP) is 3.60. The van der Waals surface area contributed by atoms with Gasteiger partial charge in [-0.25, -0.2) is 0 Å². The maximum absolute atomic E-state index is 12.5. The van der Waals surface area contributed by atoms with Crippen LogP contribution in [0.5, 0.6) is 0 Å². The molecule has 0 aromatic heterocycles. The van der Waals surface area contributed by atoms with Crippen LogP contribution >= 0.6 is 11.6 Å². The molecule has 1 aliphatic heterocycles. The molecule has 4 nitrogen and oxygen atoms in total. The van der Waals surface area contributed by atoms with Crippen molar-refractivity contribution in [2.45, 2.75) is 25.2 Å². The monoisotopic (exact) mass is 370 g/mol. The number of rotatable bonds is 7. The van der Waals surface area contributed by atoms with Gasteiger partial charge in [0.15, 0.2) is 0 Å². The number of hydrogen-bond donors (Lipinski definition) is 1. The minimum Gasteiger partial charge on any atom is -0.354 e. The molecule has 1 unspecified atom stereocenters. The summed E-state index contributed by atoms with van der Waals surface area (Å²) < 4.78 is 0. The van der Waals surface area contributed by atoms with E-state index in [1.54, 1.807) is 0 Å². The summed E-state index contributed by atoms with van der Waals surface area (Å²) >= 11 is 6.14. The number of nitrogens with one attached hydrogen (secondary N) is 1. The summed E-state index contributed by atoms with van der Waals surface area (Å²) in [6.07, 6.45) is 1.88. The quantitative estimate of drug-likeness (QED) is 0.809. The number of likely N-dealkylation sites (tertiary alicyclic amines) is 1. The van der Waals surface area contributed by atoms with E-state index in [9.17, 15) is 9.59 Å². The number of benzene rings is 2. The van der Waals surface area contributed by atoms with Crippen LogP contribution in [0.15, 0.2) is 54.6 Å². The van der Waals surface area contributed by atoms with Gasteiger partial charge in [0.2, 0.25) is 11.8 Å². The summed E-state index contributed by atoms with van der Waals surface area (Å²) in [5.74, 6) is 0.106. The summed E-state index contributed by atoms with van der Waals surface area (Å²) in [5.41, 5.74) is 2.10. The zero-order chi connectivity index (χ0) is 18.4. The van der Waals surface area contributed by atoms with Gasteiger partial charge in [-0.3, -0.25) is 9.59 Å². The Labute approximate surface area is 159 Å². The highest BCUT2D eigenvalue weighted by atomic mass is 35.5. The van der Waals surface area contributed by atoms with Gasteiger partial charge in [-0.15, -0.1) is 0 Å². The first-order chi connectivity index (χ1) is 12.6. The average molecular weight is 371 g/mol. The van der Waals surface area contributed by atoms with Gasteiger partial charge in [0.05, 0.1) is 0 Å². The van der Waals surface area contributed by atoms with Gasteiger partial charge in [-0.2, -0.15) is 0 Å². The molecule has 2 amide bonds. The molecule has 1 N–H and O–H groups in total. The maximum atomic E-state index is 12.5. The normalized spacial score (nSPS) is 15.1. The van der Waals surface area contributed by atoms with Crippen molar-refractivity contribution in [3.8, 4) is 0 Å². The fourth-order valence-electron chi connectivity index (χ4n) is 3.37. The van der Waals surface area contributed by atoms with Crippen molar-refractivity contribution in [2.75, 3.05) is 19.6 Å². The molecule has 136 valence electrons. The van der Waals surface area contributed by atoms with Crippen molar-refractivity contribution in [2.24, 2.45) is 0 Å². The Kier molecular flexibility index (Phi) is 6.29. The van der Waals surface area contributed by atoms with E-state index in [0.717, 1.165) is 24.1 Å². The second kappa shape index (κ2) is 8.86. The van der Waals surface area contributed by atoms with Crippen molar-refractivity contribution in [3.05, 3.63) is 70.7 Å². The van der Waals surface area contributed by atoms with Crippen molar-refractivity contribution < 1.29 is 9.59 Å². The average Bonchev–Trinajstić information content (AvgIpc) is 3.05. The molecule has 1 atom stereocenters. The Bertz CT molecular complexity index is 764. The van der Waals surface area contributed by atoms with E-state index in [-0.39, 0.29) is 17.7 Å². The van der Waals surface area contributed by atoms with E-state index in [2.05, 4.69) is 5.32 Å². The summed E-state index contributed by atoms with van der Waals surface area (Å²) in [6.45, 7) is 1.86. The molecule has 1 heterocycles. The van der Waals surface area contributed by atoms with Crippen LogP contribution in [0.3, 0.4) is 0 Å². The molecule has 5 heteroatoms. The Morgan fingerprint density at radius 2 is 1.88 bits per heavy atom. The minimum atomic E-state index is -0.0525. The predicted molar refractivity (Wildman–Crippen MR) is 103 cm³/mol. The minimum absolute atomic E-state index is 0.0227. The largest absolute Gasteiger partial charge is 0.354 e. The zero-order valence-corrected chi connectivity index (χ0v) is 15.4. The van der Waals surface area contributed by atoms with E-state index < -0.39 is 0 Å². The molecule has 0 aliphatic carbocycles. The van der Waals surface area contributed by atoms with E-state index in [1.807, 2.05) is 59.5 Å². The molecule has 3 rings (SSSR count). The van der Waals surface area contributed by atoms with E-state index in [0.29, 0.717) is 31.0 Å². The van der Waals surface area contributed by atoms with Crippen LogP contribution in [-0.2, 0) is 9.59 Å². The van der Waals surface area contributed by atoms with Crippen molar-refractivity contribution >= 4 is 23.4 Å². The molecule has 26 heavy (non-hydrogen) atoms. The van der Waals surface area contributed by atoms with Gasteiger partial charge in [0, 0.05) is 43.4 Å². The van der Waals surface area contributed by atoms with Crippen LogP contribution in [0.1, 0.15) is 36.3 Å². The SMILES string of the molecule is O=C(CC(c1ccccc1)c1cccc(Cl)c1)NCCN1CCCC1=O.